The number of rotatable bonds is 0. The summed E-state index contributed by atoms with van der Waals surface area (Å²) in [5, 5.41) is 1.13. The highest BCUT2D eigenvalue weighted by molar-refractivity contribution is 7.45. The van der Waals surface area contributed by atoms with E-state index in [0.29, 0.717) is 0 Å². The van der Waals surface area contributed by atoms with Gasteiger partial charge in [-0.3, -0.25) is 4.79 Å². The smallest absolute Gasteiger partial charge is 0.179 e. The van der Waals surface area contributed by atoms with E-state index in [1.807, 2.05) is 17.9 Å². The van der Waals surface area contributed by atoms with Crippen LogP contribution in [-0.2, 0) is 4.79 Å². The predicted octanol–water partition coefficient (Wildman–Crippen LogP) is 1.70. The highest BCUT2D eigenvalue weighted by Gasteiger charge is 2.09. The standard InChI is InChI=1S/C8H5OP/c9-7-2-1-6-3-4-10-8(6)5-7/h1-5H. The van der Waals surface area contributed by atoms with E-state index in [4.69, 9.17) is 0 Å². The van der Waals surface area contributed by atoms with E-state index in [1.54, 1.807) is 12.2 Å². The summed E-state index contributed by atoms with van der Waals surface area (Å²) in [6, 6.07) is 0. The average molecular weight is 148 g/mol. The van der Waals surface area contributed by atoms with Crippen LogP contribution in [0.3, 0.4) is 0 Å². The number of allylic oxidation sites excluding steroid dienone is 6. The normalized spacial score (nSPS) is 22.2. The number of hydrogen-bond acceptors (Lipinski definition) is 1. The zero-order valence-corrected chi connectivity index (χ0v) is 6.14. The molecule has 0 N–H and O–H groups in total. The molecule has 1 heterocycles. The third-order valence-electron chi connectivity index (χ3n) is 1.47. The Balaban J connectivity index is 2.51. The maximum atomic E-state index is 10.8. The van der Waals surface area contributed by atoms with E-state index in [0.717, 1.165) is 13.5 Å². The van der Waals surface area contributed by atoms with Gasteiger partial charge in [0.15, 0.2) is 5.78 Å². The van der Waals surface area contributed by atoms with Crippen molar-refractivity contribution in [3.63, 3.8) is 0 Å². The van der Waals surface area contributed by atoms with Crippen molar-refractivity contribution in [3.8, 4) is 0 Å². The van der Waals surface area contributed by atoms with Gasteiger partial charge in [0, 0.05) is 5.31 Å². The van der Waals surface area contributed by atoms with E-state index in [1.165, 1.54) is 5.57 Å². The van der Waals surface area contributed by atoms with E-state index < -0.39 is 0 Å². The topological polar surface area (TPSA) is 17.1 Å². The lowest BCUT2D eigenvalue weighted by Crippen LogP contribution is -1.93. The third-order valence-corrected chi connectivity index (χ3v) is 2.43. The van der Waals surface area contributed by atoms with Crippen LogP contribution in [0.2, 0.25) is 0 Å². The molecule has 0 saturated carbocycles. The van der Waals surface area contributed by atoms with Gasteiger partial charge in [0.05, 0.1) is 0 Å². The van der Waals surface area contributed by atoms with Gasteiger partial charge in [0.25, 0.3) is 0 Å². The van der Waals surface area contributed by atoms with Gasteiger partial charge in [-0.1, -0.05) is 14.3 Å². The maximum Gasteiger partial charge on any atom is 0.179 e. The van der Waals surface area contributed by atoms with Gasteiger partial charge in [-0.2, -0.15) is 0 Å². The lowest BCUT2D eigenvalue weighted by Gasteiger charge is -2.00. The monoisotopic (exact) mass is 148 g/mol. The molecule has 0 spiro atoms. The minimum Gasteiger partial charge on any atom is -0.290 e. The second-order valence-electron chi connectivity index (χ2n) is 2.17. The van der Waals surface area contributed by atoms with Gasteiger partial charge < -0.3 is 0 Å². The van der Waals surface area contributed by atoms with Gasteiger partial charge in [0.2, 0.25) is 0 Å². The van der Waals surface area contributed by atoms with Crippen LogP contribution in [-0.4, -0.2) is 11.6 Å². The Morgan fingerprint density at radius 3 is 3.10 bits per heavy atom. The molecule has 2 rings (SSSR count). The largest absolute Gasteiger partial charge is 0.290 e. The zero-order chi connectivity index (χ0) is 6.97. The van der Waals surface area contributed by atoms with Crippen LogP contribution in [0.1, 0.15) is 0 Å². The molecular formula is C8H5OP. The van der Waals surface area contributed by atoms with Crippen molar-refractivity contribution >= 4 is 19.8 Å². The first-order valence-electron chi connectivity index (χ1n) is 3.05. The molecule has 2 aliphatic rings. The van der Waals surface area contributed by atoms with Gasteiger partial charge in [-0.25, -0.2) is 0 Å². The van der Waals surface area contributed by atoms with E-state index >= 15 is 0 Å². The summed E-state index contributed by atoms with van der Waals surface area (Å²) >= 11 is 0. The first kappa shape index (κ1) is 5.82. The molecule has 1 nitrogen and oxygen atoms in total. The summed E-state index contributed by atoms with van der Waals surface area (Å²) in [6.07, 6.45) is 7.20. The summed E-state index contributed by atoms with van der Waals surface area (Å²) in [7, 11) is 1.15. The molecule has 1 aliphatic heterocycles. The maximum absolute atomic E-state index is 10.8. The van der Waals surface area contributed by atoms with Crippen LogP contribution in [0.5, 0.6) is 0 Å². The van der Waals surface area contributed by atoms with Crippen molar-refractivity contribution in [1.82, 2.24) is 0 Å². The fourth-order valence-corrected chi connectivity index (χ4v) is 1.87. The SMILES string of the molecule is O=C1C=CC2=CC=PC2=C1. The Bertz CT molecular complexity index is 305. The number of carbonyl (C=O) groups is 1. The highest BCUT2D eigenvalue weighted by Crippen LogP contribution is 2.30. The lowest BCUT2D eigenvalue weighted by molar-refractivity contribution is -0.110. The van der Waals surface area contributed by atoms with Crippen molar-refractivity contribution in [3.05, 3.63) is 35.2 Å². The summed E-state index contributed by atoms with van der Waals surface area (Å²) in [6.45, 7) is 0. The van der Waals surface area contributed by atoms with Crippen molar-refractivity contribution in [1.29, 1.82) is 0 Å². The second kappa shape index (κ2) is 2.03. The average Bonchev–Trinajstić information content (AvgIpc) is 2.33. The van der Waals surface area contributed by atoms with Crippen molar-refractivity contribution in [2.45, 2.75) is 0 Å². The molecule has 0 saturated heterocycles. The van der Waals surface area contributed by atoms with Gasteiger partial charge >= 0.3 is 0 Å². The molecule has 0 unspecified atom stereocenters. The summed E-state index contributed by atoms with van der Waals surface area (Å²) in [5.41, 5.74) is 1.18. The lowest BCUT2D eigenvalue weighted by atomic mass is 10.1. The van der Waals surface area contributed by atoms with Crippen LogP contribution in [0.25, 0.3) is 0 Å². The number of ketones is 1. The van der Waals surface area contributed by atoms with Crippen LogP contribution < -0.4 is 0 Å². The predicted molar refractivity (Wildman–Crippen MR) is 43.3 cm³/mol. The fraction of sp³-hybridized carbons (Fsp3) is 0. The third kappa shape index (κ3) is 0.795. The summed E-state index contributed by atoms with van der Waals surface area (Å²) in [4.78, 5) is 10.8. The van der Waals surface area contributed by atoms with Crippen LogP contribution in [0.15, 0.2) is 35.2 Å². The molecule has 1 aliphatic carbocycles. The Morgan fingerprint density at radius 1 is 1.30 bits per heavy atom. The molecule has 10 heavy (non-hydrogen) atoms. The van der Waals surface area contributed by atoms with E-state index in [2.05, 4.69) is 0 Å². The Kier molecular flexibility index (Phi) is 1.18. The molecule has 0 radical (unpaired) electrons. The molecule has 2 heteroatoms. The molecule has 0 aromatic heterocycles. The fourth-order valence-electron chi connectivity index (χ4n) is 0.974. The molecule has 0 fully saturated rings. The van der Waals surface area contributed by atoms with Crippen molar-refractivity contribution in [2.75, 3.05) is 0 Å². The quantitative estimate of drug-likeness (QED) is 0.478. The molecule has 48 valence electrons. The number of hydrogen-bond donors (Lipinski definition) is 0. The number of fused-ring (bicyclic) bond motifs is 1. The van der Waals surface area contributed by atoms with Gasteiger partial charge in [0.1, 0.15) is 0 Å². The van der Waals surface area contributed by atoms with Crippen molar-refractivity contribution < 1.29 is 4.79 Å². The first-order chi connectivity index (χ1) is 4.86. The van der Waals surface area contributed by atoms with Crippen LogP contribution >= 0.6 is 8.20 Å². The molecule has 0 amide bonds. The van der Waals surface area contributed by atoms with Gasteiger partial charge in [-0.05, 0) is 29.6 Å². The Hall–Kier alpha value is -0.940. The summed E-state index contributed by atoms with van der Waals surface area (Å²) in [5.74, 6) is 2.15. The second-order valence-corrected chi connectivity index (χ2v) is 3.20. The minimum absolute atomic E-state index is 0.106. The molecule has 0 aromatic carbocycles. The first-order valence-corrected chi connectivity index (χ1v) is 4.01. The zero-order valence-electron chi connectivity index (χ0n) is 5.24. The Morgan fingerprint density at radius 2 is 2.20 bits per heavy atom. The molecular weight excluding hydrogens is 143 g/mol. The molecule has 0 bridgehead atoms. The summed E-state index contributed by atoms with van der Waals surface area (Å²) < 4.78 is 0. The molecule has 0 aromatic rings. The van der Waals surface area contributed by atoms with E-state index in [-0.39, 0.29) is 5.78 Å². The van der Waals surface area contributed by atoms with E-state index in [9.17, 15) is 4.79 Å². The highest BCUT2D eigenvalue weighted by atomic mass is 31.1. The minimum atomic E-state index is 0.106. The van der Waals surface area contributed by atoms with Gasteiger partial charge in [-0.15, -0.1) is 0 Å². The van der Waals surface area contributed by atoms with Crippen LogP contribution in [0.4, 0.5) is 0 Å². The van der Waals surface area contributed by atoms with Crippen molar-refractivity contribution in [2.24, 2.45) is 0 Å². The molecule has 0 atom stereocenters. The number of carbonyl (C=O) groups excluding carboxylic acids is 1. The van der Waals surface area contributed by atoms with Crippen LogP contribution in [0, 0.1) is 0 Å². The Labute approximate surface area is 60.5 Å².